The Hall–Kier alpha value is -3.21. The van der Waals surface area contributed by atoms with Crippen LogP contribution in [0.15, 0.2) is 42.6 Å². The van der Waals surface area contributed by atoms with Gasteiger partial charge in [0.1, 0.15) is 11.7 Å². The molecule has 1 aromatic carbocycles. The number of ether oxygens (including phenoxy) is 1. The second-order valence-corrected chi connectivity index (χ2v) is 6.00. The zero-order valence-electron chi connectivity index (χ0n) is 15.0. The number of nitrogens with zero attached hydrogens (tertiary/aromatic N) is 2. The van der Waals surface area contributed by atoms with Gasteiger partial charge in [-0.1, -0.05) is 0 Å². The molecule has 146 valence electrons. The number of Topliss-reactive ketones (excluding diaryl/α,β-unsaturated/α-hetero) is 2. The van der Waals surface area contributed by atoms with E-state index in [0.29, 0.717) is 17.5 Å². The fourth-order valence-electron chi connectivity index (χ4n) is 2.54. The van der Waals surface area contributed by atoms with Gasteiger partial charge in [-0.3, -0.25) is 14.6 Å². The first-order valence-electron chi connectivity index (χ1n) is 8.39. The highest BCUT2D eigenvalue weighted by molar-refractivity contribution is 5.96. The zero-order valence-corrected chi connectivity index (χ0v) is 15.0. The SMILES string of the molecule is COc1ccc(C(=O)CCCC(=O)C(C#N)c2ccc(C(F)(F)F)cn2)cc1. The number of hydrogen-bond donors (Lipinski definition) is 0. The molecule has 8 heteroatoms. The van der Waals surface area contributed by atoms with E-state index in [2.05, 4.69) is 4.98 Å². The third kappa shape index (κ3) is 5.39. The number of pyridine rings is 1. The largest absolute Gasteiger partial charge is 0.497 e. The summed E-state index contributed by atoms with van der Waals surface area (Å²) in [7, 11) is 1.51. The van der Waals surface area contributed by atoms with Crippen LogP contribution < -0.4 is 4.74 Å². The van der Waals surface area contributed by atoms with Gasteiger partial charge in [0.15, 0.2) is 11.6 Å². The molecule has 0 radical (unpaired) electrons. The highest BCUT2D eigenvalue weighted by atomic mass is 19.4. The number of carbonyl (C=O) groups excluding carboxylic acids is 2. The summed E-state index contributed by atoms with van der Waals surface area (Å²) in [5, 5.41) is 9.20. The number of benzene rings is 1. The van der Waals surface area contributed by atoms with E-state index in [9.17, 15) is 28.0 Å². The average Bonchev–Trinajstić information content (AvgIpc) is 2.68. The van der Waals surface area contributed by atoms with Crippen LogP contribution in [0.2, 0.25) is 0 Å². The first-order valence-corrected chi connectivity index (χ1v) is 8.39. The molecule has 1 unspecified atom stereocenters. The van der Waals surface area contributed by atoms with Gasteiger partial charge in [0.05, 0.1) is 24.4 Å². The maximum Gasteiger partial charge on any atom is 0.417 e. The molecule has 0 bridgehead atoms. The summed E-state index contributed by atoms with van der Waals surface area (Å²) in [4.78, 5) is 28.0. The molecule has 1 heterocycles. The lowest BCUT2D eigenvalue weighted by Crippen LogP contribution is -2.14. The number of halogens is 3. The van der Waals surface area contributed by atoms with Crippen LogP contribution in [-0.2, 0) is 11.0 Å². The predicted molar refractivity (Wildman–Crippen MR) is 93.8 cm³/mol. The van der Waals surface area contributed by atoms with E-state index in [1.807, 2.05) is 0 Å². The summed E-state index contributed by atoms with van der Waals surface area (Å²) in [6, 6.07) is 10.1. The van der Waals surface area contributed by atoms with Crippen LogP contribution in [0.3, 0.4) is 0 Å². The number of hydrogen-bond acceptors (Lipinski definition) is 5. The van der Waals surface area contributed by atoms with Gasteiger partial charge in [0.25, 0.3) is 0 Å². The van der Waals surface area contributed by atoms with Gasteiger partial charge in [0.2, 0.25) is 0 Å². The molecule has 0 aliphatic carbocycles. The van der Waals surface area contributed by atoms with Crippen LogP contribution in [0.4, 0.5) is 13.2 Å². The van der Waals surface area contributed by atoms with Gasteiger partial charge in [-0.05, 0) is 42.8 Å². The van der Waals surface area contributed by atoms with Crippen molar-refractivity contribution in [3.05, 3.63) is 59.4 Å². The van der Waals surface area contributed by atoms with Crippen molar-refractivity contribution in [1.82, 2.24) is 4.98 Å². The van der Waals surface area contributed by atoms with Crippen LogP contribution in [0, 0.1) is 11.3 Å². The van der Waals surface area contributed by atoms with Gasteiger partial charge in [-0.25, -0.2) is 0 Å². The van der Waals surface area contributed by atoms with Crippen LogP contribution in [-0.4, -0.2) is 23.7 Å². The van der Waals surface area contributed by atoms with E-state index >= 15 is 0 Å². The van der Waals surface area contributed by atoms with Crippen molar-refractivity contribution >= 4 is 11.6 Å². The van der Waals surface area contributed by atoms with Crippen molar-refractivity contribution in [3.63, 3.8) is 0 Å². The fraction of sp³-hybridized carbons (Fsp3) is 0.300. The Bertz CT molecular complexity index is 870. The third-order valence-electron chi connectivity index (χ3n) is 4.10. The topological polar surface area (TPSA) is 80.0 Å². The lowest BCUT2D eigenvalue weighted by Gasteiger charge is -2.10. The molecule has 0 amide bonds. The summed E-state index contributed by atoms with van der Waals surface area (Å²) in [5.74, 6) is -1.29. The molecule has 0 aliphatic heterocycles. The first kappa shape index (κ1) is 21.1. The number of alkyl halides is 3. The molecule has 0 fully saturated rings. The second-order valence-electron chi connectivity index (χ2n) is 6.00. The summed E-state index contributed by atoms with van der Waals surface area (Å²) in [6.07, 6.45) is -3.67. The number of rotatable bonds is 8. The van der Waals surface area contributed by atoms with E-state index in [1.54, 1.807) is 30.3 Å². The van der Waals surface area contributed by atoms with Gasteiger partial charge in [-0.2, -0.15) is 18.4 Å². The van der Waals surface area contributed by atoms with E-state index in [-0.39, 0.29) is 30.7 Å². The van der Waals surface area contributed by atoms with Gasteiger partial charge >= 0.3 is 6.18 Å². The van der Waals surface area contributed by atoms with Crippen molar-refractivity contribution in [1.29, 1.82) is 5.26 Å². The Kier molecular flexibility index (Phi) is 6.88. The third-order valence-corrected chi connectivity index (χ3v) is 4.10. The van der Waals surface area contributed by atoms with E-state index < -0.39 is 23.4 Å². The Morgan fingerprint density at radius 1 is 1.14 bits per heavy atom. The Balaban J connectivity index is 1.93. The minimum absolute atomic E-state index is 0.0398. The Morgan fingerprint density at radius 2 is 1.82 bits per heavy atom. The maximum absolute atomic E-state index is 12.6. The molecule has 0 saturated heterocycles. The summed E-state index contributed by atoms with van der Waals surface area (Å²) >= 11 is 0. The van der Waals surface area contributed by atoms with Crippen molar-refractivity contribution in [3.8, 4) is 11.8 Å². The van der Waals surface area contributed by atoms with Gasteiger partial charge < -0.3 is 4.74 Å². The highest BCUT2D eigenvalue weighted by Gasteiger charge is 2.31. The molecule has 0 aliphatic rings. The zero-order chi connectivity index (χ0) is 20.7. The van der Waals surface area contributed by atoms with Crippen LogP contribution >= 0.6 is 0 Å². The van der Waals surface area contributed by atoms with E-state index in [0.717, 1.165) is 12.1 Å². The molecular formula is C20H17F3N2O3. The Morgan fingerprint density at radius 3 is 2.32 bits per heavy atom. The van der Waals surface area contributed by atoms with Gasteiger partial charge in [0, 0.05) is 24.6 Å². The van der Waals surface area contributed by atoms with Crippen LogP contribution in [0.25, 0.3) is 0 Å². The molecule has 2 rings (SSSR count). The fourth-order valence-corrected chi connectivity index (χ4v) is 2.54. The normalized spacial score (nSPS) is 12.1. The lowest BCUT2D eigenvalue weighted by atomic mass is 9.95. The van der Waals surface area contributed by atoms with Gasteiger partial charge in [-0.15, -0.1) is 0 Å². The second kappa shape index (κ2) is 9.13. The standard InChI is InChI=1S/C20H17F3N2O3/c1-28-15-8-5-13(6-9-15)18(26)3-2-4-19(27)16(11-24)17-10-7-14(12-25-17)20(21,22)23/h5-10,12,16H,2-4H2,1H3. The molecular weight excluding hydrogens is 373 g/mol. The quantitative estimate of drug-likeness (QED) is 0.627. The smallest absolute Gasteiger partial charge is 0.417 e. The number of carbonyl (C=O) groups is 2. The molecule has 0 saturated carbocycles. The summed E-state index contributed by atoms with van der Waals surface area (Å²) in [5.41, 5.74) is -0.512. The van der Waals surface area contributed by atoms with Crippen LogP contribution in [0.5, 0.6) is 5.75 Å². The molecule has 0 N–H and O–H groups in total. The molecule has 5 nitrogen and oxygen atoms in total. The average molecular weight is 390 g/mol. The summed E-state index contributed by atoms with van der Waals surface area (Å²) < 4.78 is 42.7. The number of aromatic nitrogens is 1. The molecule has 0 spiro atoms. The molecule has 1 atom stereocenters. The Labute approximate surface area is 159 Å². The molecule has 1 aromatic heterocycles. The van der Waals surface area contributed by atoms with Crippen molar-refractivity contribution in [2.45, 2.75) is 31.4 Å². The number of methoxy groups -OCH3 is 1. The summed E-state index contributed by atoms with van der Waals surface area (Å²) in [6.45, 7) is 0. The molecule has 28 heavy (non-hydrogen) atoms. The van der Waals surface area contributed by atoms with Crippen LogP contribution in [0.1, 0.15) is 46.8 Å². The number of nitriles is 1. The predicted octanol–water partition coefficient (Wildman–Crippen LogP) is 4.34. The minimum atomic E-state index is -4.54. The van der Waals surface area contributed by atoms with Crippen molar-refractivity contribution in [2.75, 3.05) is 7.11 Å². The number of ketones is 2. The van der Waals surface area contributed by atoms with E-state index in [4.69, 9.17) is 4.74 Å². The highest BCUT2D eigenvalue weighted by Crippen LogP contribution is 2.29. The lowest BCUT2D eigenvalue weighted by molar-refractivity contribution is -0.137. The monoisotopic (exact) mass is 390 g/mol. The minimum Gasteiger partial charge on any atom is -0.497 e. The first-order chi connectivity index (χ1) is 13.3. The maximum atomic E-state index is 12.6. The van der Waals surface area contributed by atoms with Crippen molar-refractivity contribution < 1.29 is 27.5 Å². The van der Waals surface area contributed by atoms with Crippen molar-refractivity contribution in [2.24, 2.45) is 0 Å². The van der Waals surface area contributed by atoms with E-state index in [1.165, 1.54) is 7.11 Å². The molecule has 2 aromatic rings.